The third-order valence-electron chi connectivity index (χ3n) is 2.83. The zero-order valence-corrected chi connectivity index (χ0v) is 13.1. The number of amides is 1. The van der Waals surface area contributed by atoms with Gasteiger partial charge in [-0.3, -0.25) is 10.2 Å². The number of nitrogens with one attached hydrogen (secondary N) is 1. The van der Waals surface area contributed by atoms with Gasteiger partial charge >= 0.3 is 0 Å². The summed E-state index contributed by atoms with van der Waals surface area (Å²) in [5, 5.41) is 0. The van der Waals surface area contributed by atoms with E-state index in [1.807, 2.05) is 17.6 Å². The third-order valence-corrected chi connectivity index (χ3v) is 3.45. The van der Waals surface area contributed by atoms with Crippen molar-refractivity contribution in [2.75, 3.05) is 0 Å². The van der Waals surface area contributed by atoms with E-state index in [1.54, 1.807) is 24.3 Å². The Morgan fingerprint density at radius 3 is 2.64 bits per heavy atom. The first-order valence-corrected chi connectivity index (χ1v) is 7.23. The van der Waals surface area contributed by atoms with Gasteiger partial charge in [0.2, 0.25) is 0 Å². The van der Waals surface area contributed by atoms with Crippen LogP contribution in [0.2, 0.25) is 0 Å². The fourth-order valence-electron chi connectivity index (χ4n) is 1.70. The fourth-order valence-corrected chi connectivity index (χ4v) is 2.21. The Balaban J connectivity index is 2.02. The molecule has 0 fully saturated rings. The molecule has 2 aromatic carbocycles. The molecule has 0 radical (unpaired) electrons. The van der Waals surface area contributed by atoms with E-state index >= 15 is 0 Å². The van der Waals surface area contributed by atoms with Gasteiger partial charge in [-0.1, -0.05) is 18.2 Å². The quantitative estimate of drug-likeness (QED) is 0.370. The summed E-state index contributed by atoms with van der Waals surface area (Å²) in [7, 11) is 0. The van der Waals surface area contributed by atoms with Gasteiger partial charge in [-0.05, 0) is 57.4 Å². The molecule has 0 aliphatic heterocycles. The van der Waals surface area contributed by atoms with Crippen LogP contribution < -0.4 is 16.0 Å². The summed E-state index contributed by atoms with van der Waals surface area (Å²) >= 11 is 3.41. The molecule has 0 aromatic heterocycles. The Bertz CT molecular complexity index is 687. The van der Waals surface area contributed by atoms with Crippen LogP contribution in [-0.2, 0) is 11.4 Å². The molecule has 0 spiro atoms. The van der Waals surface area contributed by atoms with Crippen LogP contribution in [0.4, 0.5) is 4.39 Å². The molecule has 0 saturated heterocycles. The fraction of sp³-hybridized carbons (Fsp3) is 0.0625. The van der Waals surface area contributed by atoms with E-state index in [-0.39, 0.29) is 11.7 Å². The van der Waals surface area contributed by atoms with Crippen molar-refractivity contribution in [3.8, 4) is 5.75 Å². The molecule has 114 valence electrons. The topological polar surface area (TPSA) is 64.3 Å². The second-order valence-electron chi connectivity index (χ2n) is 4.45. The van der Waals surface area contributed by atoms with Crippen molar-refractivity contribution >= 4 is 27.9 Å². The van der Waals surface area contributed by atoms with Gasteiger partial charge in [0.25, 0.3) is 5.91 Å². The number of carbonyl (C=O) groups is 1. The molecule has 0 aliphatic carbocycles. The molecule has 2 rings (SSSR count). The molecule has 6 heteroatoms. The number of carbonyl (C=O) groups excluding carboxylic acids is 1. The van der Waals surface area contributed by atoms with Crippen LogP contribution in [0.25, 0.3) is 6.08 Å². The van der Waals surface area contributed by atoms with Gasteiger partial charge in [0, 0.05) is 6.08 Å². The van der Waals surface area contributed by atoms with Crippen LogP contribution in [-0.4, -0.2) is 5.91 Å². The predicted octanol–water partition coefficient (Wildman–Crippen LogP) is 3.17. The summed E-state index contributed by atoms with van der Waals surface area (Å²) in [5.74, 6) is 4.99. The lowest BCUT2D eigenvalue weighted by atomic mass is 10.2. The maximum Gasteiger partial charge on any atom is 0.257 e. The van der Waals surface area contributed by atoms with Gasteiger partial charge in [0.15, 0.2) is 0 Å². The lowest BCUT2D eigenvalue weighted by Gasteiger charge is -2.09. The lowest BCUT2D eigenvalue weighted by Crippen LogP contribution is -2.27. The Hall–Kier alpha value is -2.18. The maximum atomic E-state index is 12.8. The largest absolute Gasteiger partial charge is 0.488 e. The number of halogens is 2. The van der Waals surface area contributed by atoms with Crippen LogP contribution in [0.3, 0.4) is 0 Å². The van der Waals surface area contributed by atoms with Crippen molar-refractivity contribution in [3.63, 3.8) is 0 Å². The normalized spacial score (nSPS) is 10.7. The van der Waals surface area contributed by atoms with E-state index in [2.05, 4.69) is 15.9 Å². The maximum absolute atomic E-state index is 12.8. The first-order chi connectivity index (χ1) is 10.6. The highest BCUT2D eigenvalue weighted by Crippen LogP contribution is 2.27. The van der Waals surface area contributed by atoms with E-state index in [4.69, 9.17) is 10.6 Å². The summed E-state index contributed by atoms with van der Waals surface area (Å²) < 4.78 is 19.2. The highest BCUT2D eigenvalue weighted by Gasteiger charge is 2.03. The van der Waals surface area contributed by atoms with Gasteiger partial charge < -0.3 is 4.74 Å². The SMILES string of the molecule is NNC(=O)/C=C/c1ccc(OCc2ccc(F)cc2)c(Br)c1. The minimum absolute atomic E-state index is 0.275. The number of hydrogen-bond acceptors (Lipinski definition) is 3. The zero-order chi connectivity index (χ0) is 15.9. The van der Waals surface area contributed by atoms with Crippen LogP contribution in [0.5, 0.6) is 5.75 Å². The zero-order valence-electron chi connectivity index (χ0n) is 11.6. The molecular formula is C16H14BrFN2O2. The number of hydrogen-bond donors (Lipinski definition) is 2. The van der Waals surface area contributed by atoms with Gasteiger partial charge in [-0.15, -0.1) is 0 Å². The van der Waals surface area contributed by atoms with E-state index < -0.39 is 0 Å². The van der Waals surface area contributed by atoms with E-state index in [1.165, 1.54) is 18.2 Å². The molecule has 0 heterocycles. The van der Waals surface area contributed by atoms with Crippen LogP contribution in [0, 0.1) is 5.82 Å². The number of benzene rings is 2. The van der Waals surface area contributed by atoms with E-state index in [0.29, 0.717) is 12.4 Å². The Kier molecular flexibility index (Phi) is 5.68. The van der Waals surface area contributed by atoms with Crippen LogP contribution >= 0.6 is 15.9 Å². The summed E-state index contributed by atoms with van der Waals surface area (Å²) in [6, 6.07) is 11.5. The number of hydrazine groups is 1. The van der Waals surface area contributed by atoms with Crippen molar-refractivity contribution < 1.29 is 13.9 Å². The van der Waals surface area contributed by atoms with Crippen LogP contribution in [0.1, 0.15) is 11.1 Å². The molecular weight excluding hydrogens is 351 g/mol. The first kappa shape index (κ1) is 16.2. The van der Waals surface area contributed by atoms with Gasteiger partial charge in [0.1, 0.15) is 18.2 Å². The van der Waals surface area contributed by atoms with E-state index in [9.17, 15) is 9.18 Å². The molecule has 0 bridgehead atoms. The third kappa shape index (κ3) is 4.68. The second-order valence-corrected chi connectivity index (χ2v) is 5.30. The summed E-state index contributed by atoms with van der Waals surface area (Å²) in [4.78, 5) is 11.0. The Morgan fingerprint density at radius 2 is 2.00 bits per heavy atom. The average molecular weight is 365 g/mol. The molecule has 22 heavy (non-hydrogen) atoms. The monoisotopic (exact) mass is 364 g/mol. The second kappa shape index (κ2) is 7.72. The molecule has 3 N–H and O–H groups in total. The number of nitrogens with two attached hydrogens (primary N) is 1. The molecule has 0 aliphatic rings. The lowest BCUT2D eigenvalue weighted by molar-refractivity contribution is -0.116. The molecule has 0 unspecified atom stereocenters. The van der Waals surface area contributed by atoms with Crippen LogP contribution in [0.15, 0.2) is 53.0 Å². The summed E-state index contributed by atoms with van der Waals surface area (Å²) in [5.41, 5.74) is 3.71. The van der Waals surface area contributed by atoms with Crippen molar-refractivity contribution in [1.82, 2.24) is 5.43 Å². The average Bonchev–Trinajstić information content (AvgIpc) is 2.53. The number of rotatable bonds is 5. The number of ether oxygens (including phenoxy) is 1. The first-order valence-electron chi connectivity index (χ1n) is 6.44. The summed E-state index contributed by atoms with van der Waals surface area (Å²) in [6.45, 7) is 0.337. The van der Waals surface area contributed by atoms with Gasteiger partial charge in [0.05, 0.1) is 4.47 Å². The highest BCUT2D eigenvalue weighted by atomic mass is 79.9. The molecule has 2 aromatic rings. The highest BCUT2D eigenvalue weighted by molar-refractivity contribution is 9.10. The van der Waals surface area contributed by atoms with Gasteiger partial charge in [-0.25, -0.2) is 10.2 Å². The molecule has 1 amide bonds. The van der Waals surface area contributed by atoms with Gasteiger partial charge in [-0.2, -0.15) is 0 Å². The predicted molar refractivity (Wildman–Crippen MR) is 86.2 cm³/mol. The minimum atomic E-state index is -0.382. The summed E-state index contributed by atoms with van der Waals surface area (Å²) in [6.07, 6.45) is 2.97. The van der Waals surface area contributed by atoms with E-state index in [0.717, 1.165) is 15.6 Å². The smallest absolute Gasteiger partial charge is 0.257 e. The van der Waals surface area contributed by atoms with Crippen molar-refractivity contribution in [3.05, 3.63) is 70.0 Å². The van der Waals surface area contributed by atoms with Crippen molar-refractivity contribution in [2.45, 2.75) is 6.61 Å². The molecule has 4 nitrogen and oxygen atoms in total. The molecule has 0 saturated carbocycles. The molecule has 0 atom stereocenters. The Labute approximate surface area is 135 Å². The standard InChI is InChI=1S/C16H14BrFN2O2/c17-14-9-11(4-8-16(21)20-19)3-7-15(14)22-10-12-1-5-13(18)6-2-12/h1-9H,10,19H2,(H,20,21)/b8-4+. The minimum Gasteiger partial charge on any atom is -0.488 e. The van der Waals surface area contributed by atoms with Crippen molar-refractivity contribution in [2.24, 2.45) is 5.84 Å². The van der Waals surface area contributed by atoms with Crippen molar-refractivity contribution in [1.29, 1.82) is 0 Å². The Morgan fingerprint density at radius 1 is 1.27 bits per heavy atom.